The molecule has 2 N–H and O–H groups in total. The smallest absolute Gasteiger partial charge is 0.232 e. The predicted octanol–water partition coefficient (Wildman–Crippen LogP) is 5.15. The molecular formula is C27H32N2O. The fraction of sp³-hybridized carbons (Fsp3) is 0.296. The monoisotopic (exact) mass is 400 g/mol. The molecule has 3 nitrogen and oxygen atoms in total. The molecule has 0 atom stereocenters. The number of carbonyl (C=O) groups is 1. The highest BCUT2D eigenvalue weighted by molar-refractivity contribution is 5.90. The van der Waals surface area contributed by atoms with E-state index >= 15 is 0 Å². The van der Waals surface area contributed by atoms with Gasteiger partial charge < -0.3 is 5.73 Å². The van der Waals surface area contributed by atoms with Crippen LogP contribution in [0, 0.1) is 0 Å². The summed E-state index contributed by atoms with van der Waals surface area (Å²) in [7, 11) is 2.14. The third-order valence-electron chi connectivity index (χ3n) is 6.36. The van der Waals surface area contributed by atoms with Gasteiger partial charge in [0, 0.05) is 12.1 Å². The molecule has 3 aromatic rings. The molecule has 0 saturated carbocycles. The van der Waals surface area contributed by atoms with E-state index in [1.54, 1.807) is 0 Å². The van der Waals surface area contributed by atoms with Crippen LogP contribution in [-0.2, 0) is 16.8 Å². The average molecular weight is 401 g/mol. The normalized spacial score (nSPS) is 12.1. The van der Waals surface area contributed by atoms with Gasteiger partial charge in [-0.2, -0.15) is 0 Å². The van der Waals surface area contributed by atoms with Crippen molar-refractivity contribution in [3.8, 4) is 0 Å². The molecule has 0 spiro atoms. The number of nitrogens with two attached hydrogens (primary N) is 1. The standard InChI is InChI=1S/C27H32N2O/c1-26(2,29(3)21-22-13-7-4-8-14-22)19-20-27(25(28)30,23-15-9-5-10-16-23)24-17-11-6-12-18-24/h4-18H,19-21H2,1-3H3,(H2,28,30). The molecule has 156 valence electrons. The maximum absolute atomic E-state index is 13.0. The van der Waals surface area contributed by atoms with Gasteiger partial charge in [-0.3, -0.25) is 9.69 Å². The van der Waals surface area contributed by atoms with Crippen LogP contribution in [0.3, 0.4) is 0 Å². The number of rotatable bonds is 9. The molecular weight excluding hydrogens is 368 g/mol. The van der Waals surface area contributed by atoms with Gasteiger partial charge in [0.15, 0.2) is 0 Å². The van der Waals surface area contributed by atoms with Crippen LogP contribution in [0.4, 0.5) is 0 Å². The first kappa shape index (κ1) is 21.8. The molecule has 0 aliphatic carbocycles. The lowest BCUT2D eigenvalue weighted by molar-refractivity contribution is -0.122. The van der Waals surface area contributed by atoms with Gasteiger partial charge >= 0.3 is 0 Å². The van der Waals surface area contributed by atoms with Gasteiger partial charge in [0.05, 0.1) is 5.41 Å². The molecule has 0 aromatic heterocycles. The van der Waals surface area contributed by atoms with Gasteiger partial charge in [0.2, 0.25) is 5.91 Å². The van der Waals surface area contributed by atoms with Crippen molar-refractivity contribution in [2.45, 2.75) is 44.2 Å². The van der Waals surface area contributed by atoms with Crippen molar-refractivity contribution in [1.82, 2.24) is 4.90 Å². The van der Waals surface area contributed by atoms with Crippen LogP contribution in [-0.4, -0.2) is 23.4 Å². The SMILES string of the molecule is CN(Cc1ccccc1)C(C)(C)CCC(C(N)=O)(c1ccccc1)c1ccccc1. The van der Waals surface area contributed by atoms with Crippen LogP contribution in [0.2, 0.25) is 0 Å². The maximum atomic E-state index is 13.0. The molecule has 0 fully saturated rings. The number of primary amides is 1. The summed E-state index contributed by atoms with van der Waals surface area (Å²) in [6.07, 6.45) is 1.46. The minimum atomic E-state index is -0.854. The minimum Gasteiger partial charge on any atom is -0.369 e. The molecule has 30 heavy (non-hydrogen) atoms. The summed E-state index contributed by atoms with van der Waals surface area (Å²) in [5, 5.41) is 0. The molecule has 0 aliphatic rings. The third kappa shape index (κ3) is 4.63. The Kier molecular flexibility index (Phi) is 6.73. The number of hydrogen-bond acceptors (Lipinski definition) is 2. The zero-order valence-corrected chi connectivity index (χ0v) is 18.2. The zero-order chi connectivity index (χ0) is 21.6. The summed E-state index contributed by atoms with van der Waals surface area (Å²) in [5.41, 5.74) is 8.32. The van der Waals surface area contributed by atoms with Crippen molar-refractivity contribution in [3.05, 3.63) is 108 Å². The van der Waals surface area contributed by atoms with Crippen LogP contribution in [0.15, 0.2) is 91.0 Å². The third-order valence-corrected chi connectivity index (χ3v) is 6.36. The molecule has 3 heteroatoms. The fourth-order valence-corrected chi connectivity index (χ4v) is 4.06. The Morgan fingerprint density at radius 1 is 0.767 bits per heavy atom. The molecule has 1 amide bonds. The molecule has 3 rings (SSSR count). The average Bonchev–Trinajstić information content (AvgIpc) is 2.76. The first-order valence-electron chi connectivity index (χ1n) is 10.5. The number of amides is 1. The highest BCUT2D eigenvalue weighted by Crippen LogP contribution is 2.39. The van der Waals surface area contributed by atoms with E-state index in [1.807, 2.05) is 66.7 Å². The van der Waals surface area contributed by atoms with Gasteiger partial charge in [-0.1, -0.05) is 91.0 Å². The van der Waals surface area contributed by atoms with Gasteiger partial charge in [-0.15, -0.1) is 0 Å². The Bertz CT molecular complexity index is 897. The molecule has 0 heterocycles. The van der Waals surface area contributed by atoms with Crippen LogP contribution >= 0.6 is 0 Å². The summed E-state index contributed by atoms with van der Waals surface area (Å²) in [4.78, 5) is 15.4. The van der Waals surface area contributed by atoms with Gasteiger partial charge in [-0.25, -0.2) is 0 Å². The Labute approximate surface area is 180 Å². The topological polar surface area (TPSA) is 46.3 Å². The van der Waals surface area contributed by atoms with Crippen LogP contribution in [0.5, 0.6) is 0 Å². The van der Waals surface area contributed by atoms with Crippen molar-refractivity contribution < 1.29 is 4.79 Å². The van der Waals surface area contributed by atoms with E-state index in [2.05, 4.69) is 50.1 Å². The van der Waals surface area contributed by atoms with Crippen molar-refractivity contribution >= 4 is 5.91 Å². The first-order valence-corrected chi connectivity index (χ1v) is 10.5. The largest absolute Gasteiger partial charge is 0.369 e. The minimum absolute atomic E-state index is 0.111. The van der Waals surface area contributed by atoms with E-state index in [4.69, 9.17) is 5.73 Å². The van der Waals surface area contributed by atoms with Crippen LogP contribution in [0.1, 0.15) is 43.4 Å². The van der Waals surface area contributed by atoms with Crippen molar-refractivity contribution in [2.75, 3.05) is 7.05 Å². The molecule has 0 unspecified atom stereocenters. The molecule has 3 aromatic carbocycles. The summed E-state index contributed by atoms with van der Waals surface area (Å²) in [6.45, 7) is 5.32. The highest BCUT2D eigenvalue weighted by atomic mass is 16.1. The Morgan fingerprint density at radius 3 is 1.63 bits per heavy atom. The lowest BCUT2D eigenvalue weighted by Crippen LogP contribution is -2.46. The summed E-state index contributed by atoms with van der Waals surface area (Å²) >= 11 is 0. The second-order valence-electron chi connectivity index (χ2n) is 8.66. The highest BCUT2D eigenvalue weighted by Gasteiger charge is 2.41. The van der Waals surface area contributed by atoms with Gasteiger partial charge in [-0.05, 0) is 50.4 Å². The number of hydrogen-bond donors (Lipinski definition) is 1. The zero-order valence-electron chi connectivity index (χ0n) is 18.2. The predicted molar refractivity (Wildman–Crippen MR) is 124 cm³/mol. The summed E-state index contributed by atoms with van der Waals surface area (Å²) < 4.78 is 0. The Balaban J connectivity index is 1.91. The lowest BCUT2D eigenvalue weighted by Gasteiger charge is -2.40. The van der Waals surface area contributed by atoms with E-state index in [0.717, 1.165) is 24.1 Å². The number of nitrogens with zero attached hydrogens (tertiary/aromatic N) is 1. The second kappa shape index (κ2) is 9.27. The van der Waals surface area contributed by atoms with E-state index in [1.165, 1.54) is 5.56 Å². The quantitative estimate of drug-likeness (QED) is 0.540. The number of carbonyl (C=O) groups excluding carboxylic acids is 1. The Morgan fingerprint density at radius 2 is 1.20 bits per heavy atom. The van der Waals surface area contributed by atoms with Crippen LogP contribution < -0.4 is 5.73 Å². The summed E-state index contributed by atoms with van der Waals surface area (Å²) in [5.74, 6) is -0.304. The van der Waals surface area contributed by atoms with Crippen LogP contribution in [0.25, 0.3) is 0 Å². The van der Waals surface area contributed by atoms with E-state index in [0.29, 0.717) is 6.42 Å². The van der Waals surface area contributed by atoms with Gasteiger partial charge in [0.1, 0.15) is 0 Å². The molecule has 0 aliphatic heterocycles. The van der Waals surface area contributed by atoms with E-state index in [-0.39, 0.29) is 11.4 Å². The Hall–Kier alpha value is -2.91. The van der Waals surface area contributed by atoms with Crippen molar-refractivity contribution in [2.24, 2.45) is 5.73 Å². The first-order chi connectivity index (χ1) is 14.4. The second-order valence-corrected chi connectivity index (χ2v) is 8.66. The van der Waals surface area contributed by atoms with Crippen molar-refractivity contribution in [3.63, 3.8) is 0 Å². The molecule has 0 radical (unpaired) electrons. The van der Waals surface area contributed by atoms with E-state index in [9.17, 15) is 4.79 Å². The maximum Gasteiger partial charge on any atom is 0.232 e. The summed E-state index contributed by atoms with van der Waals surface area (Å²) in [6, 6.07) is 30.4. The number of benzene rings is 3. The molecule has 0 bridgehead atoms. The van der Waals surface area contributed by atoms with E-state index < -0.39 is 5.41 Å². The van der Waals surface area contributed by atoms with Crippen molar-refractivity contribution in [1.29, 1.82) is 0 Å². The molecule has 0 saturated heterocycles. The fourth-order valence-electron chi connectivity index (χ4n) is 4.06. The van der Waals surface area contributed by atoms with Gasteiger partial charge in [0.25, 0.3) is 0 Å². The lowest BCUT2D eigenvalue weighted by atomic mass is 9.69.